The summed E-state index contributed by atoms with van der Waals surface area (Å²) in [5, 5.41) is 3.48. The molecule has 0 heterocycles. The van der Waals surface area contributed by atoms with Crippen LogP contribution in [-0.2, 0) is 6.54 Å². The molecule has 1 aromatic rings. The first kappa shape index (κ1) is 14.8. The third-order valence-corrected chi connectivity index (χ3v) is 3.36. The van der Waals surface area contributed by atoms with Crippen molar-refractivity contribution in [2.45, 2.75) is 33.7 Å². The van der Waals surface area contributed by atoms with E-state index in [2.05, 4.69) is 26.1 Å². The van der Waals surface area contributed by atoms with Crippen LogP contribution in [0.25, 0.3) is 0 Å². The number of rotatable bonds is 7. The Morgan fingerprint density at radius 3 is 2.44 bits per heavy atom. The third kappa shape index (κ3) is 4.22. The molecule has 0 saturated carbocycles. The highest BCUT2D eigenvalue weighted by molar-refractivity contribution is 5.40. The van der Waals surface area contributed by atoms with Gasteiger partial charge in [0.15, 0.2) is 0 Å². The molecule has 102 valence electrons. The van der Waals surface area contributed by atoms with E-state index in [-0.39, 0.29) is 0 Å². The van der Waals surface area contributed by atoms with Crippen LogP contribution < -0.4 is 14.8 Å². The number of hydrogen-bond acceptors (Lipinski definition) is 3. The molecule has 0 aromatic heterocycles. The van der Waals surface area contributed by atoms with Crippen LogP contribution in [0.3, 0.4) is 0 Å². The first-order valence-electron chi connectivity index (χ1n) is 6.44. The van der Waals surface area contributed by atoms with Gasteiger partial charge in [0.2, 0.25) is 0 Å². The van der Waals surface area contributed by atoms with Gasteiger partial charge >= 0.3 is 0 Å². The molecule has 3 nitrogen and oxygen atoms in total. The van der Waals surface area contributed by atoms with Gasteiger partial charge in [-0.2, -0.15) is 0 Å². The molecular weight excluding hydrogens is 226 g/mol. The maximum absolute atomic E-state index is 5.36. The predicted molar refractivity (Wildman–Crippen MR) is 75.3 cm³/mol. The summed E-state index contributed by atoms with van der Waals surface area (Å²) < 4.78 is 10.6. The topological polar surface area (TPSA) is 30.5 Å². The molecule has 0 aliphatic carbocycles. The molecule has 1 rings (SSSR count). The smallest absolute Gasteiger partial charge is 0.123 e. The second-order valence-electron chi connectivity index (χ2n) is 5.30. The van der Waals surface area contributed by atoms with Crippen LogP contribution in [0.5, 0.6) is 11.5 Å². The van der Waals surface area contributed by atoms with Crippen molar-refractivity contribution in [2.24, 2.45) is 5.41 Å². The first-order chi connectivity index (χ1) is 8.52. The maximum Gasteiger partial charge on any atom is 0.123 e. The van der Waals surface area contributed by atoms with Crippen LogP contribution in [0.15, 0.2) is 18.2 Å². The van der Waals surface area contributed by atoms with E-state index in [0.717, 1.165) is 36.6 Å². The zero-order valence-electron chi connectivity index (χ0n) is 12.2. The Balaban J connectivity index is 2.65. The van der Waals surface area contributed by atoms with E-state index in [1.54, 1.807) is 14.2 Å². The standard InChI is InChI=1S/C15H25NO2/c1-6-15(2,3)11-16-10-12-9-13(17-4)7-8-14(12)18-5/h7-9,16H,6,10-11H2,1-5H3. The predicted octanol–water partition coefficient (Wildman–Crippen LogP) is 3.23. The normalized spacial score (nSPS) is 11.4. The lowest BCUT2D eigenvalue weighted by atomic mass is 9.90. The summed E-state index contributed by atoms with van der Waals surface area (Å²) in [6, 6.07) is 5.88. The molecule has 0 aliphatic rings. The minimum Gasteiger partial charge on any atom is -0.497 e. The molecule has 0 unspecified atom stereocenters. The van der Waals surface area contributed by atoms with E-state index in [9.17, 15) is 0 Å². The van der Waals surface area contributed by atoms with Gasteiger partial charge in [-0.15, -0.1) is 0 Å². The minimum atomic E-state index is 0.325. The Morgan fingerprint density at radius 1 is 1.17 bits per heavy atom. The van der Waals surface area contributed by atoms with Crippen molar-refractivity contribution < 1.29 is 9.47 Å². The monoisotopic (exact) mass is 251 g/mol. The highest BCUT2D eigenvalue weighted by Crippen LogP contribution is 2.24. The maximum atomic E-state index is 5.36. The molecule has 1 aromatic carbocycles. The Kier molecular flexibility index (Phi) is 5.48. The van der Waals surface area contributed by atoms with Gasteiger partial charge < -0.3 is 14.8 Å². The number of benzene rings is 1. The summed E-state index contributed by atoms with van der Waals surface area (Å²) in [5.41, 5.74) is 1.45. The van der Waals surface area contributed by atoms with Crippen molar-refractivity contribution in [1.29, 1.82) is 0 Å². The molecule has 0 bridgehead atoms. The molecule has 0 aliphatic heterocycles. The molecule has 0 amide bonds. The summed E-state index contributed by atoms with van der Waals surface area (Å²) in [6.07, 6.45) is 1.16. The number of methoxy groups -OCH3 is 2. The highest BCUT2D eigenvalue weighted by atomic mass is 16.5. The van der Waals surface area contributed by atoms with E-state index < -0.39 is 0 Å². The number of ether oxygens (including phenoxy) is 2. The van der Waals surface area contributed by atoms with Crippen molar-refractivity contribution in [3.8, 4) is 11.5 Å². The van der Waals surface area contributed by atoms with Gasteiger partial charge in [0.1, 0.15) is 11.5 Å². The molecule has 3 heteroatoms. The van der Waals surface area contributed by atoms with Crippen LogP contribution in [-0.4, -0.2) is 20.8 Å². The molecule has 1 N–H and O–H groups in total. The van der Waals surface area contributed by atoms with Crippen molar-refractivity contribution in [2.75, 3.05) is 20.8 Å². The van der Waals surface area contributed by atoms with E-state index in [4.69, 9.17) is 9.47 Å². The second kappa shape index (κ2) is 6.64. The molecule has 0 fully saturated rings. The van der Waals surface area contributed by atoms with Crippen LogP contribution in [0, 0.1) is 5.41 Å². The van der Waals surface area contributed by atoms with Gasteiger partial charge in [-0.25, -0.2) is 0 Å². The Bertz CT molecular complexity index is 375. The fourth-order valence-electron chi connectivity index (χ4n) is 1.68. The van der Waals surface area contributed by atoms with Crippen molar-refractivity contribution >= 4 is 0 Å². The molecular formula is C15H25NO2. The molecule has 0 spiro atoms. The molecule has 0 saturated heterocycles. The molecule has 0 radical (unpaired) electrons. The lowest BCUT2D eigenvalue weighted by molar-refractivity contribution is 0.325. The van der Waals surface area contributed by atoms with Crippen molar-refractivity contribution in [3.63, 3.8) is 0 Å². The third-order valence-electron chi connectivity index (χ3n) is 3.36. The second-order valence-corrected chi connectivity index (χ2v) is 5.30. The van der Waals surface area contributed by atoms with Gasteiger partial charge in [-0.3, -0.25) is 0 Å². The summed E-state index contributed by atoms with van der Waals surface area (Å²) in [5.74, 6) is 1.76. The molecule has 18 heavy (non-hydrogen) atoms. The Hall–Kier alpha value is -1.22. The van der Waals surface area contributed by atoms with Gasteiger partial charge in [0.05, 0.1) is 14.2 Å². The summed E-state index contributed by atoms with van der Waals surface area (Å²) in [4.78, 5) is 0. The molecule has 0 atom stereocenters. The Labute approximate surface area is 110 Å². The summed E-state index contributed by atoms with van der Waals surface area (Å²) >= 11 is 0. The lowest BCUT2D eigenvalue weighted by Crippen LogP contribution is -2.28. The van der Waals surface area contributed by atoms with Crippen LogP contribution >= 0.6 is 0 Å². The van der Waals surface area contributed by atoms with Crippen molar-refractivity contribution in [1.82, 2.24) is 5.32 Å². The fourth-order valence-corrected chi connectivity index (χ4v) is 1.68. The summed E-state index contributed by atoms with van der Waals surface area (Å²) in [7, 11) is 3.38. The van der Waals surface area contributed by atoms with Crippen LogP contribution in [0.2, 0.25) is 0 Å². The lowest BCUT2D eigenvalue weighted by Gasteiger charge is -2.23. The van der Waals surface area contributed by atoms with Crippen LogP contribution in [0.4, 0.5) is 0 Å². The van der Waals surface area contributed by atoms with Gasteiger partial charge in [0.25, 0.3) is 0 Å². The van der Waals surface area contributed by atoms with Gasteiger partial charge in [0, 0.05) is 18.7 Å². The number of hydrogen-bond donors (Lipinski definition) is 1. The Morgan fingerprint density at radius 2 is 1.89 bits per heavy atom. The number of nitrogens with one attached hydrogen (secondary N) is 1. The zero-order chi connectivity index (χ0) is 13.6. The van der Waals surface area contributed by atoms with E-state index in [1.165, 1.54) is 0 Å². The van der Waals surface area contributed by atoms with Gasteiger partial charge in [-0.05, 0) is 30.0 Å². The minimum absolute atomic E-state index is 0.325. The largest absolute Gasteiger partial charge is 0.497 e. The highest BCUT2D eigenvalue weighted by Gasteiger charge is 2.14. The average Bonchev–Trinajstić information content (AvgIpc) is 2.38. The SMILES string of the molecule is CCC(C)(C)CNCc1cc(OC)ccc1OC. The van der Waals surface area contributed by atoms with E-state index >= 15 is 0 Å². The average molecular weight is 251 g/mol. The first-order valence-corrected chi connectivity index (χ1v) is 6.44. The quantitative estimate of drug-likeness (QED) is 0.807. The summed E-state index contributed by atoms with van der Waals surface area (Å²) in [6.45, 7) is 8.53. The van der Waals surface area contributed by atoms with Crippen LogP contribution in [0.1, 0.15) is 32.8 Å². The fraction of sp³-hybridized carbons (Fsp3) is 0.600. The zero-order valence-corrected chi connectivity index (χ0v) is 12.2. The van der Waals surface area contributed by atoms with E-state index in [0.29, 0.717) is 5.41 Å². The van der Waals surface area contributed by atoms with Crippen molar-refractivity contribution in [3.05, 3.63) is 23.8 Å². The van der Waals surface area contributed by atoms with Gasteiger partial charge in [-0.1, -0.05) is 20.8 Å². The van der Waals surface area contributed by atoms with E-state index in [1.807, 2.05) is 18.2 Å².